The van der Waals surface area contributed by atoms with Gasteiger partial charge in [-0.1, -0.05) is 22.6 Å². The smallest absolute Gasteiger partial charge is 0.303 e. The lowest BCUT2D eigenvalue weighted by Gasteiger charge is -2.44. The average Bonchev–Trinajstić information content (AvgIpc) is 2.65. The van der Waals surface area contributed by atoms with Crippen LogP contribution in [0, 0.1) is 0 Å². The van der Waals surface area contributed by atoms with E-state index in [1.165, 1.54) is 13.8 Å². The van der Waals surface area contributed by atoms with Gasteiger partial charge in [0.1, 0.15) is 6.61 Å². The zero-order valence-electron chi connectivity index (χ0n) is 12.4. The lowest BCUT2D eigenvalue weighted by atomic mass is 9.98. The highest BCUT2D eigenvalue weighted by molar-refractivity contribution is 14.1. The second kappa shape index (κ2) is 5.98. The van der Waals surface area contributed by atoms with E-state index in [0.717, 1.165) is 0 Å². The number of carbonyl (C=O) groups excluding carboxylic acids is 2. The van der Waals surface area contributed by atoms with E-state index in [0.29, 0.717) is 6.61 Å². The predicted molar refractivity (Wildman–Crippen MR) is 78.7 cm³/mol. The maximum Gasteiger partial charge on any atom is 0.303 e. The number of ether oxygens (including phenoxy) is 5. The van der Waals surface area contributed by atoms with Gasteiger partial charge in [-0.2, -0.15) is 0 Å². The first-order valence-electron chi connectivity index (χ1n) is 6.62. The molecule has 4 atom stereocenters. The van der Waals surface area contributed by atoms with Gasteiger partial charge >= 0.3 is 11.9 Å². The Hall–Kier alpha value is -0.450. The van der Waals surface area contributed by atoms with Crippen molar-refractivity contribution in [2.24, 2.45) is 0 Å². The minimum absolute atomic E-state index is 0.0963. The molecular weight excluding hydrogens is 395 g/mol. The molecule has 0 aliphatic carbocycles. The zero-order valence-corrected chi connectivity index (χ0v) is 14.5. The molecule has 2 fully saturated rings. The molecule has 2 rings (SSSR count). The molecule has 0 bridgehead atoms. The third-order valence-corrected chi connectivity index (χ3v) is 4.28. The molecule has 0 saturated carbocycles. The summed E-state index contributed by atoms with van der Waals surface area (Å²) >= 11 is 2.10. The minimum Gasteiger partial charge on any atom is -0.457 e. The van der Waals surface area contributed by atoms with Crippen LogP contribution in [-0.4, -0.2) is 52.9 Å². The second-order valence-electron chi connectivity index (χ2n) is 5.53. The Bertz CT molecular complexity index is 438. The van der Waals surface area contributed by atoms with Crippen molar-refractivity contribution in [3.8, 4) is 0 Å². The molecule has 8 heteroatoms. The molecular formula is C13H19IO7. The van der Waals surface area contributed by atoms with Crippen LogP contribution in [-0.2, 0) is 33.3 Å². The quantitative estimate of drug-likeness (QED) is 0.381. The van der Waals surface area contributed by atoms with E-state index in [1.807, 2.05) is 0 Å². The summed E-state index contributed by atoms with van der Waals surface area (Å²) in [6.07, 6.45) is -1.53. The van der Waals surface area contributed by atoms with Crippen LogP contribution in [0.4, 0.5) is 0 Å². The molecule has 21 heavy (non-hydrogen) atoms. The fourth-order valence-corrected chi connectivity index (χ4v) is 3.16. The summed E-state index contributed by atoms with van der Waals surface area (Å²) in [7, 11) is 0. The molecule has 0 unspecified atom stereocenters. The van der Waals surface area contributed by atoms with Gasteiger partial charge in [-0.3, -0.25) is 9.59 Å². The Labute approximate surface area is 136 Å². The number of esters is 2. The monoisotopic (exact) mass is 414 g/mol. The number of carbonyl (C=O) groups is 2. The van der Waals surface area contributed by atoms with Crippen molar-refractivity contribution >= 4 is 34.5 Å². The largest absolute Gasteiger partial charge is 0.457 e. The Morgan fingerprint density at radius 2 is 1.76 bits per heavy atom. The zero-order chi connectivity index (χ0) is 15.8. The van der Waals surface area contributed by atoms with E-state index < -0.39 is 35.7 Å². The molecule has 0 aromatic carbocycles. The normalized spacial score (nSPS) is 38.2. The molecule has 120 valence electrons. The number of hydrogen-bond donors (Lipinski definition) is 0. The molecule has 2 saturated heterocycles. The third kappa shape index (κ3) is 3.66. The van der Waals surface area contributed by atoms with E-state index in [9.17, 15) is 9.59 Å². The summed E-state index contributed by atoms with van der Waals surface area (Å²) in [5.74, 6) is -3.07. The molecule has 2 aliphatic heterocycles. The van der Waals surface area contributed by atoms with Crippen LogP contribution < -0.4 is 0 Å². The number of hydrogen-bond acceptors (Lipinski definition) is 7. The molecule has 7 nitrogen and oxygen atoms in total. The summed E-state index contributed by atoms with van der Waals surface area (Å²) in [6.45, 7) is 6.48. The van der Waals surface area contributed by atoms with Crippen LogP contribution >= 0.6 is 22.6 Å². The van der Waals surface area contributed by atoms with Gasteiger partial charge in [0.05, 0.1) is 10.5 Å². The molecule has 0 aromatic heterocycles. The highest BCUT2D eigenvalue weighted by Crippen LogP contribution is 2.42. The topological polar surface area (TPSA) is 80.3 Å². The number of alkyl halides is 1. The molecule has 0 amide bonds. The first-order chi connectivity index (χ1) is 9.65. The van der Waals surface area contributed by atoms with Gasteiger partial charge in [-0.25, -0.2) is 0 Å². The molecule has 0 radical (unpaired) electrons. The Morgan fingerprint density at radius 3 is 2.24 bits per heavy atom. The van der Waals surface area contributed by atoms with Crippen molar-refractivity contribution in [3.63, 3.8) is 0 Å². The van der Waals surface area contributed by atoms with E-state index >= 15 is 0 Å². The Morgan fingerprint density at radius 1 is 1.14 bits per heavy atom. The van der Waals surface area contributed by atoms with Crippen molar-refractivity contribution in [3.05, 3.63) is 0 Å². The molecule has 2 aliphatic rings. The lowest BCUT2D eigenvalue weighted by molar-refractivity contribution is -0.321. The minimum atomic E-state index is -1.25. The van der Waals surface area contributed by atoms with Crippen LogP contribution in [0.3, 0.4) is 0 Å². The summed E-state index contributed by atoms with van der Waals surface area (Å²) in [4.78, 5) is 22.8. The standard InChI is InChI=1S/C13H19IO7/c1-7(15)19-10-9(14)5-17-13(11(10)20-8(2)16)6-18-12(3,4)21-13/h9-11H,5-6H2,1-4H3/t9-,10+,11-,13-/m0/s1. The van der Waals surface area contributed by atoms with E-state index in [2.05, 4.69) is 22.6 Å². The van der Waals surface area contributed by atoms with Gasteiger partial charge in [-0.15, -0.1) is 0 Å². The highest BCUT2D eigenvalue weighted by Gasteiger charge is 2.61. The molecule has 0 aromatic rings. The number of rotatable bonds is 2. The van der Waals surface area contributed by atoms with Gasteiger partial charge < -0.3 is 23.7 Å². The molecule has 2 heterocycles. The fraction of sp³-hybridized carbons (Fsp3) is 0.846. The number of halogens is 1. The van der Waals surface area contributed by atoms with Crippen LogP contribution in [0.15, 0.2) is 0 Å². The maximum atomic E-state index is 11.4. The van der Waals surface area contributed by atoms with E-state index in [4.69, 9.17) is 23.7 Å². The predicted octanol–water partition coefficient (Wildman–Crippen LogP) is 1.16. The Balaban J connectivity index is 2.31. The molecule has 1 spiro atoms. The van der Waals surface area contributed by atoms with Crippen molar-refractivity contribution in [2.45, 2.75) is 55.4 Å². The maximum absolute atomic E-state index is 11.4. The summed E-state index contributed by atoms with van der Waals surface area (Å²) in [5, 5.41) is 0. The van der Waals surface area contributed by atoms with Gasteiger partial charge in [0.2, 0.25) is 5.79 Å². The second-order valence-corrected chi connectivity index (χ2v) is 7.13. The first-order valence-corrected chi connectivity index (χ1v) is 7.86. The highest BCUT2D eigenvalue weighted by atomic mass is 127. The summed E-state index contributed by atoms with van der Waals surface area (Å²) in [5.41, 5.74) is 0. The average molecular weight is 414 g/mol. The lowest BCUT2D eigenvalue weighted by Crippen LogP contribution is -2.63. The third-order valence-electron chi connectivity index (χ3n) is 3.21. The van der Waals surface area contributed by atoms with Gasteiger partial charge in [0.25, 0.3) is 0 Å². The van der Waals surface area contributed by atoms with Crippen LogP contribution in [0.25, 0.3) is 0 Å². The molecule has 0 N–H and O–H groups in total. The van der Waals surface area contributed by atoms with Crippen molar-refractivity contribution in [1.29, 1.82) is 0 Å². The van der Waals surface area contributed by atoms with Crippen molar-refractivity contribution < 1.29 is 33.3 Å². The SMILES string of the molecule is CC(=O)O[C@@H]1[C@@H](I)CO[C@]2(COC(C)(C)O2)[C@H]1OC(C)=O. The van der Waals surface area contributed by atoms with Crippen LogP contribution in [0.5, 0.6) is 0 Å². The Kier molecular flexibility index (Phi) is 4.81. The van der Waals surface area contributed by atoms with Gasteiger partial charge in [0, 0.05) is 13.8 Å². The van der Waals surface area contributed by atoms with Crippen molar-refractivity contribution in [1.82, 2.24) is 0 Å². The van der Waals surface area contributed by atoms with Gasteiger partial charge in [0.15, 0.2) is 18.0 Å². The summed E-state index contributed by atoms with van der Waals surface area (Å²) < 4.78 is 27.7. The summed E-state index contributed by atoms with van der Waals surface area (Å²) in [6, 6.07) is 0. The van der Waals surface area contributed by atoms with E-state index in [1.54, 1.807) is 13.8 Å². The van der Waals surface area contributed by atoms with Crippen molar-refractivity contribution in [2.75, 3.05) is 13.2 Å². The van der Waals surface area contributed by atoms with Gasteiger partial charge in [-0.05, 0) is 13.8 Å². The van der Waals surface area contributed by atoms with Crippen LogP contribution in [0.1, 0.15) is 27.7 Å². The fourth-order valence-electron chi connectivity index (χ4n) is 2.46. The van der Waals surface area contributed by atoms with Crippen LogP contribution in [0.2, 0.25) is 0 Å². The van der Waals surface area contributed by atoms with E-state index in [-0.39, 0.29) is 10.5 Å². The first kappa shape index (κ1) is 16.9.